The van der Waals surface area contributed by atoms with E-state index < -0.39 is 12.1 Å². The summed E-state index contributed by atoms with van der Waals surface area (Å²) in [4.78, 5) is 26.7. The average molecular weight is 356 g/mol. The first-order valence-electron chi connectivity index (χ1n) is 8.81. The van der Waals surface area contributed by atoms with Gasteiger partial charge in [0, 0.05) is 30.2 Å². The molecular weight excluding hydrogens is 332 g/mol. The van der Waals surface area contributed by atoms with Gasteiger partial charge in [0.1, 0.15) is 0 Å². The van der Waals surface area contributed by atoms with Gasteiger partial charge in [-0.15, -0.1) is 0 Å². The fourth-order valence-corrected chi connectivity index (χ4v) is 3.26. The number of carbonyl (C=O) groups is 2. The molecular formula is C20H24N2O4. The minimum atomic E-state index is -0.819. The molecule has 1 aromatic heterocycles. The summed E-state index contributed by atoms with van der Waals surface area (Å²) < 4.78 is 12.7. The molecule has 0 saturated carbocycles. The van der Waals surface area contributed by atoms with Crippen molar-refractivity contribution in [3.63, 3.8) is 0 Å². The number of rotatable bonds is 4. The van der Waals surface area contributed by atoms with Crippen molar-refractivity contribution in [2.24, 2.45) is 0 Å². The van der Waals surface area contributed by atoms with Crippen LogP contribution in [-0.4, -0.2) is 53.8 Å². The summed E-state index contributed by atoms with van der Waals surface area (Å²) in [7, 11) is 0. The minimum Gasteiger partial charge on any atom is -0.449 e. The van der Waals surface area contributed by atoms with Crippen molar-refractivity contribution in [2.45, 2.75) is 26.9 Å². The van der Waals surface area contributed by atoms with Crippen LogP contribution in [0.3, 0.4) is 0 Å². The highest BCUT2D eigenvalue weighted by atomic mass is 16.5. The molecule has 1 fully saturated rings. The van der Waals surface area contributed by atoms with Crippen molar-refractivity contribution in [1.82, 2.24) is 9.47 Å². The Morgan fingerprint density at radius 2 is 1.77 bits per heavy atom. The zero-order chi connectivity index (χ0) is 18.7. The Balaban J connectivity index is 1.75. The Kier molecular flexibility index (Phi) is 5.42. The Morgan fingerprint density at radius 3 is 2.42 bits per heavy atom. The molecule has 138 valence electrons. The third kappa shape index (κ3) is 3.65. The van der Waals surface area contributed by atoms with Gasteiger partial charge in [0.25, 0.3) is 5.91 Å². The number of para-hydroxylation sites is 1. The number of amides is 1. The van der Waals surface area contributed by atoms with E-state index in [1.807, 2.05) is 48.7 Å². The molecule has 1 aromatic carbocycles. The fourth-order valence-electron chi connectivity index (χ4n) is 3.26. The maximum Gasteiger partial charge on any atom is 0.340 e. The normalized spacial score (nSPS) is 15.6. The third-order valence-corrected chi connectivity index (χ3v) is 4.62. The van der Waals surface area contributed by atoms with E-state index in [-0.39, 0.29) is 5.91 Å². The molecule has 6 heteroatoms. The molecule has 1 aliphatic rings. The molecule has 0 radical (unpaired) electrons. The summed E-state index contributed by atoms with van der Waals surface area (Å²) in [5, 5.41) is 0. The van der Waals surface area contributed by atoms with Crippen LogP contribution in [0.25, 0.3) is 5.69 Å². The maximum absolute atomic E-state index is 12.6. The summed E-state index contributed by atoms with van der Waals surface area (Å²) >= 11 is 0. The summed E-state index contributed by atoms with van der Waals surface area (Å²) in [5.41, 5.74) is 3.20. The number of morpholine rings is 1. The number of nitrogens with zero attached hydrogens (tertiary/aromatic N) is 2. The summed E-state index contributed by atoms with van der Waals surface area (Å²) in [6, 6.07) is 11.6. The summed E-state index contributed by atoms with van der Waals surface area (Å²) in [6.07, 6.45) is -0.819. The smallest absolute Gasteiger partial charge is 0.340 e. The largest absolute Gasteiger partial charge is 0.449 e. The first-order valence-corrected chi connectivity index (χ1v) is 8.81. The number of ether oxygens (including phenoxy) is 2. The van der Waals surface area contributed by atoms with Crippen LogP contribution in [0.4, 0.5) is 0 Å². The predicted octanol–water partition coefficient (Wildman–Crippen LogP) is 2.50. The van der Waals surface area contributed by atoms with E-state index in [2.05, 4.69) is 0 Å². The van der Waals surface area contributed by atoms with Crippen molar-refractivity contribution in [3.8, 4) is 5.69 Å². The zero-order valence-electron chi connectivity index (χ0n) is 15.4. The molecule has 26 heavy (non-hydrogen) atoms. The first kappa shape index (κ1) is 18.2. The van der Waals surface area contributed by atoms with Crippen LogP contribution in [-0.2, 0) is 14.3 Å². The average Bonchev–Trinajstić information content (AvgIpc) is 2.96. The third-order valence-electron chi connectivity index (χ3n) is 4.62. The second-order valence-electron chi connectivity index (χ2n) is 6.44. The van der Waals surface area contributed by atoms with Gasteiger partial charge in [0.05, 0.1) is 18.8 Å². The quantitative estimate of drug-likeness (QED) is 0.790. The lowest BCUT2D eigenvalue weighted by Crippen LogP contribution is -2.46. The van der Waals surface area contributed by atoms with E-state index in [1.165, 1.54) is 0 Å². The second-order valence-corrected chi connectivity index (χ2v) is 6.44. The summed E-state index contributed by atoms with van der Waals surface area (Å²) in [5.74, 6) is -0.659. The highest BCUT2D eigenvalue weighted by molar-refractivity contribution is 5.93. The lowest BCUT2D eigenvalue weighted by molar-refractivity contribution is -0.143. The highest BCUT2D eigenvalue weighted by Gasteiger charge is 2.27. The molecule has 3 rings (SSSR count). The number of aryl methyl sites for hydroxylation is 1. The SMILES string of the molecule is Cc1cc(C(=O)O[C@@H](C)C(=O)N2CCOCC2)c(C)n1-c1ccccc1. The van der Waals surface area contributed by atoms with Gasteiger partial charge < -0.3 is 18.9 Å². The van der Waals surface area contributed by atoms with Crippen LogP contribution < -0.4 is 0 Å². The fraction of sp³-hybridized carbons (Fsp3) is 0.400. The lowest BCUT2D eigenvalue weighted by atomic mass is 10.2. The monoisotopic (exact) mass is 356 g/mol. The van der Waals surface area contributed by atoms with Crippen LogP contribution in [0.5, 0.6) is 0 Å². The van der Waals surface area contributed by atoms with Crippen molar-refractivity contribution < 1.29 is 19.1 Å². The van der Waals surface area contributed by atoms with Gasteiger partial charge in [0.15, 0.2) is 6.10 Å². The van der Waals surface area contributed by atoms with Crippen LogP contribution in [0, 0.1) is 13.8 Å². The van der Waals surface area contributed by atoms with Crippen molar-refractivity contribution in [2.75, 3.05) is 26.3 Å². The number of esters is 1. The molecule has 1 saturated heterocycles. The van der Waals surface area contributed by atoms with Crippen molar-refractivity contribution in [1.29, 1.82) is 0 Å². The number of hydrogen-bond acceptors (Lipinski definition) is 4. The molecule has 2 heterocycles. The van der Waals surface area contributed by atoms with E-state index in [0.29, 0.717) is 31.9 Å². The van der Waals surface area contributed by atoms with E-state index in [9.17, 15) is 9.59 Å². The van der Waals surface area contributed by atoms with E-state index >= 15 is 0 Å². The Morgan fingerprint density at radius 1 is 1.12 bits per heavy atom. The Bertz CT molecular complexity index is 792. The number of hydrogen-bond donors (Lipinski definition) is 0. The first-order chi connectivity index (χ1) is 12.5. The Labute approximate surface area is 153 Å². The maximum atomic E-state index is 12.6. The van der Waals surface area contributed by atoms with E-state index in [1.54, 1.807) is 17.9 Å². The van der Waals surface area contributed by atoms with Gasteiger partial charge >= 0.3 is 5.97 Å². The molecule has 0 bridgehead atoms. The molecule has 1 amide bonds. The lowest BCUT2D eigenvalue weighted by Gasteiger charge is -2.28. The number of benzene rings is 1. The van der Waals surface area contributed by atoms with Gasteiger partial charge in [-0.1, -0.05) is 18.2 Å². The van der Waals surface area contributed by atoms with Crippen molar-refractivity contribution >= 4 is 11.9 Å². The zero-order valence-corrected chi connectivity index (χ0v) is 15.4. The topological polar surface area (TPSA) is 60.8 Å². The Hall–Kier alpha value is -2.60. The van der Waals surface area contributed by atoms with Gasteiger partial charge in [-0.05, 0) is 39.0 Å². The van der Waals surface area contributed by atoms with Crippen molar-refractivity contribution in [3.05, 3.63) is 53.3 Å². The molecule has 6 nitrogen and oxygen atoms in total. The second kappa shape index (κ2) is 7.74. The standard InChI is InChI=1S/C20H24N2O4/c1-14-13-18(15(2)22(14)17-7-5-4-6-8-17)20(24)26-16(3)19(23)21-9-11-25-12-10-21/h4-8,13,16H,9-12H2,1-3H3/t16-/m0/s1. The molecule has 2 aromatic rings. The van der Waals surface area contributed by atoms with Gasteiger partial charge in [0.2, 0.25) is 0 Å². The molecule has 0 unspecified atom stereocenters. The predicted molar refractivity (Wildman–Crippen MR) is 97.5 cm³/mol. The van der Waals surface area contributed by atoms with Gasteiger partial charge in [-0.2, -0.15) is 0 Å². The number of carbonyl (C=O) groups excluding carboxylic acids is 2. The molecule has 0 N–H and O–H groups in total. The highest BCUT2D eigenvalue weighted by Crippen LogP contribution is 2.22. The molecule has 1 atom stereocenters. The van der Waals surface area contributed by atoms with Crippen LogP contribution in [0.15, 0.2) is 36.4 Å². The van der Waals surface area contributed by atoms with Crippen LogP contribution >= 0.6 is 0 Å². The van der Waals surface area contributed by atoms with Gasteiger partial charge in [-0.3, -0.25) is 4.79 Å². The molecule has 0 aliphatic carbocycles. The number of aromatic nitrogens is 1. The molecule has 1 aliphatic heterocycles. The van der Waals surface area contributed by atoms with Crippen LogP contribution in [0.1, 0.15) is 28.7 Å². The molecule has 0 spiro atoms. The van der Waals surface area contributed by atoms with E-state index in [4.69, 9.17) is 9.47 Å². The minimum absolute atomic E-state index is 0.182. The summed E-state index contributed by atoms with van der Waals surface area (Å²) in [6.45, 7) is 7.54. The van der Waals surface area contributed by atoms with Gasteiger partial charge in [-0.25, -0.2) is 4.79 Å². The van der Waals surface area contributed by atoms with Crippen LogP contribution in [0.2, 0.25) is 0 Å². The van der Waals surface area contributed by atoms with E-state index in [0.717, 1.165) is 17.1 Å².